The highest BCUT2D eigenvalue weighted by molar-refractivity contribution is 7.89. The third-order valence-electron chi connectivity index (χ3n) is 5.89. The summed E-state index contributed by atoms with van der Waals surface area (Å²) in [6.07, 6.45) is -8.73. The second-order valence-electron chi connectivity index (χ2n) is 8.87. The van der Waals surface area contributed by atoms with Crippen molar-refractivity contribution < 1.29 is 44.2 Å². The van der Waals surface area contributed by atoms with Crippen LogP contribution in [0.4, 0.5) is 43.9 Å². The van der Waals surface area contributed by atoms with Crippen LogP contribution in [0.25, 0.3) is 0 Å². The molecule has 0 amide bonds. The summed E-state index contributed by atoms with van der Waals surface area (Å²) >= 11 is 0. The number of methoxy groups -OCH3 is 1. The van der Waals surface area contributed by atoms with Crippen molar-refractivity contribution in [3.05, 3.63) is 54.1 Å². The minimum atomic E-state index is -4.70. The first-order valence-electron chi connectivity index (χ1n) is 12.0. The molecule has 0 unspecified atom stereocenters. The maximum atomic E-state index is 13.1. The molecule has 1 aliphatic rings. The molecule has 0 bridgehead atoms. The Morgan fingerprint density at radius 3 is 2.29 bits per heavy atom. The molecule has 0 radical (unpaired) electrons. The van der Waals surface area contributed by atoms with Crippen molar-refractivity contribution in [2.24, 2.45) is 0 Å². The van der Waals surface area contributed by atoms with Crippen molar-refractivity contribution in [1.82, 2.24) is 19.3 Å². The average Bonchev–Trinajstić information content (AvgIpc) is 2.91. The van der Waals surface area contributed by atoms with E-state index in [9.17, 15) is 34.8 Å². The number of nitrogens with one attached hydrogen (secondary N) is 2. The largest absolute Gasteiger partial charge is 0.497 e. The van der Waals surface area contributed by atoms with Gasteiger partial charge in [-0.15, -0.1) is 0 Å². The number of sulfonamides is 1. The first-order valence-corrected chi connectivity index (χ1v) is 13.5. The Hall–Kier alpha value is -3.86. The molecule has 0 atom stereocenters. The van der Waals surface area contributed by atoms with E-state index in [4.69, 9.17) is 4.74 Å². The smallest absolute Gasteiger partial charge is 0.422 e. The van der Waals surface area contributed by atoms with Crippen molar-refractivity contribution >= 4 is 27.6 Å². The number of halogens is 6. The molecular formula is C24H24F6N6O4S. The molecule has 3 aromatic rings. The molecule has 1 saturated heterocycles. The number of aromatic nitrogens is 3. The summed E-state index contributed by atoms with van der Waals surface area (Å²) in [6, 6.07) is 9.01. The predicted octanol–water partition coefficient (Wildman–Crippen LogP) is 4.85. The van der Waals surface area contributed by atoms with Gasteiger partial charge >= 0.3 is 18.4 Å². The van der Waals surface area contributed by atoms with Crippen LogP contribution in [-0.4, -0.2) is 66.7 Å². The molecule has 2 aromatic carbocycles. The van der Waals surface area contributed by atoms with Gasteiger partial charge in [0.2, 0.25) is 21.9 Å². The molecule has 10 nitrogen and oxygen atoms in total. The maximum Gasteiger partial charge on any atom is 0.422 e. The van der Waals surface area contributed by atoms with Gasteiger partial charge in [0.05, 0.1) is 17.6 Å². The lowest BCUT2D eigenvalue weighted by molar-refractivity contribution is -0.154. The van der Waals surface area contributed by atoms with E-state index in [0.717, 1.165) is 18.2 Å². The standard InChI is InChI=1S/C24H24F6N6O4S/c1-39-18-6-3-7-19(13-18)41(37,38)36-10-8-16(9-11-36)31-20-33-21(35-22(34-20)40-14-23(25,26)27)32-17-5-2-4-15(12-17)24(28,29)30/h2-7,12-13,16H,8-11,14H2,1H3,(H2,31,32,33,34,35). The van der Waals surface area contributed by atoms with Gasteiger partial charge in [-0.05, 0) is 43.2 Å². The monoisotopic (exact) mass is 606 g/mol. The van der Waals surface area contributed by atoms with Crippen molar-refractivity contribution in [3.8, 4) is 11.8 Å². The van der Waals surface area contributed by atoms with Gasteiger partial charge in [0.1, 0.15) is 5.75 Å². The summed E-state index contributed by atoms with van der Waals surface area (Å²) < 4.78 is 115. The van der Waals surface area contributed by atoms with Crippen molar-refractivity contribution in [2.75, 3.05) is 37.4 Å². The second-order valence-corrected chi connectivity index (χ2v) is 10.8. The molecule has 1 fully saturated rings. The van der Waals surface area contributed by atoms with Crippen LogP contribution >= 0.6 is 0 Å². The third-order valence-corrected chi connectivity index (χ3v) is 7.79. The summed E-state index contributed by atoms with van der Waals surface area (Å²) in [5.41, 5.74) is -1.03. The molecule has 2 N–H and O–H groups in total. The molecule has 0 spiro atoms. The van der Waals surface area contributed by atoms with Crippen LogP contribution in [0.5, 0.6) is 11.8 Å². The van der Waals surface area contributed by atoms with Crippen LogP contribution < -0.4 is 20.1 Å². The van der Waals surface area contributed by atoms with Gasteiger partial charge in [0.25, 0.3) is 0 Å². The van der Waals surface area contributed by atoms with Gasteiger partial charge in [-0.3, -0.25) is 0 Å². The molecule has 0 saturated carbocycles. The van der Waals surface area contributed by atoms with E-state index in [1.54, 1.807) is 12.1 Å². The van der Waals surface area contributed by atoms with E-state index in [2.05, 4.69) is 30.3 Å². The summed E-state index contributed by atoms with van der Waals surface area (Å²) in [4.78, 5) is 11.7. The number of piperidine rings is 1. The Morgan fingerprint density at radius 1 is 0.951 bits per heavy atom. The maximum absolute atomic E-state index is 13.1. The lowest BCUT2D eigenvalue weighted by Gasteiger charge is -2.31. The predicted molar refractivity (Wildman–Crippen MR) is 135 cm³/mol. The fourth-order valence-electron chi connectivity index (χ4n) is 3.92. The summed E-state index contributed by atoms with van der Waals surface area (Å²) in [5, 5.41) is 5.45. The van der Waals surface area contributed by atoms with E-state index in [1.807, 2.05) is 0 Å². The zero-order chi connectivity index (χ0) is 29.8. The van der Waals surface area contributed by atoms with Crippen LogP contribution in [0.3, 0.4) is 0 Å². The lowest BCUT2D eigenvalue weighted by Crippen LogP contribution is -2.42. The molecule has 2 heterocycles. The number of anilines is 3. The number of benzene rings is 2. The number of rotatable bonds is 9. The fraction of sp³-hybridized carbons (Fsp3) is 0.375. The number of hydrogen-bond acceptors (Lipinski definition) is 9. The molecule has 1 aliphatic heterocycles. The zero-order valence-corrected chi connectivity index (χ0v) is 22.1. The first-order chi connectivity index (χ1) is 19.2. The van der Waals surface area contributed by atoms with Crippen LogP contribution in [0.15, 0.2) is 53.4 Å². The average molecular weight is 607 g/mol. The van der Waals surface area contributed by atoms with Gasteiger partial charge in [-0.1, -0.05) is 12.1 Å². The van der Waals surface area contributed by atoms with E-state index < -0.39 is 40.6 Å². The minimum absolute atomic E-state index is 0.0671. The van der Waals surface area contributed by atoms with Gasteiger partial charge in [-0.2, -0.15) is 45.6 Å². The topological polar surface area (TPSA) is 119 Å². The quantitative estimate of drug-likeness (QED) is 0.330. The fourth-order valence-corrected chi connectivity index (χ4v) is 5.43. The number of alkyl halides is 6. The molecule has 4 rings (SSSR count). The van der Waals surface area contributed by atoms with Crippen molar-refractivity contribution in [2.45, 2.75) is 36.1 Å². The van der Waals surface area contributed by atoms with E-state index in [1.165, 1.54) is 29.6 Å². The number of hydrogen-bond donors (Lipinski definition) is 2. The molecular weight excluding hydrogens is 582 g/mol. The Morgan fingerprint density at radius 2 is 1.63 bits per heavy atom. The zero-order valence-electron chi connectivity index (χ0n) is 21.3. The molecule has 1 aromatic heterocycles. The van der Waals surface area contributed by atoms with E-state index in [0.29, 0.717) is 18.6 Å². The number of ether oxygens (including phenoxy) is 2. The normalized spacial score (nSPS) is 15.4. The van der Waals surface area contributed by atoms with Gasteiger partial charge in [0, 0.05) is 30.9 Å². The van der Waals surface area contributed by atoms with E-state index in [-0.39, 0.29) is 41.6 Å². The van der Waals surface area contributed by atoms with Gasteiger partial charge in [-0.25, -0.2) is 8.42 Å². The summed E-state index contributed by atoms with van der Waals surface area (Å²) in [7, 11) is -2.39. The summed E-state index contributed by atoms with van der Waals surface area (Å²) in [6.45, 7) is -1.47. The Kier molecular flexibility index (Phi) is 8.77. The highest BCUT2D eigenvalue weighted by atomic mass is 32.2. The molecule has 17 heteroatoms. The highest BCUT2D eigenvalue weighted by Gasteiger charge is 2.32. The lowest BCUT2D eigenvalue weighted by atomic mass is 10.1. The SMILES string of the molecule is COc1cccc(S(=O)(=O)N2CCC(Nc3nc(Nc4cccc(C(F)(F)F)c4)nc(OCC(F)(F)F)n3)CC2)c1. The van der Waals surface area contributed by atoms with Crippen LogP contribution in [0.1, 0.15) is 18.4 Å². The first kappa shape index (κ1) is 30.1. The van der Waals surface area contributed by atoms with Gasteiger partial charge < -0.3 is 20.1 Å². The Labute approximate surface area is 230 Å². The van der Waals surface area contributed by atoms with Gasteiger partial charge in [0.15, 0.2) is 6.61 Å². The van der Waals surface area contributed by atoms with Crippen LogP contribution in [-0.2, 0) is 16.2 Å². The Balaban J connectivity index is 1.49. The molecule has 0 aliphatic carbocycles. The van der Waals surface area contributed by atoms with Crippen LogP contribution in [0, 0.1) is 0 Å². The van der Waals surface area contributed by atoms with E-state index >= 15 is 0 Å². The van der Waals surface area contributed by atoms with Crippen LogP contribution in [0.2, 0.25) is 0 Å². The highest BCUT2D eigenvalue weighted by Crippen LogP contribution is 2.31. The molecule has 222 valence electrons. The Bertz CT molecular complexity index is 1460. The van der Waals surface area contributed by atoms with Crippen molar-refractivity contribution in [1.29, 1.82) is 0 Å². The second kappa shape index (κ2) is 11.9. The number of nitrogens with zero attached hydrogens (tertiary/aromatic N) is 4. The third kappa shape index (κ3) is 8.09. The molecule has 41 heavy (non-hydrogen) atoms. The minimum Gasteiger partial charge on any atom is -0.497 e. The summed E-state index contributed by atoms with van der Waals surface area (Å²) in [5.74, 6) is -0.187. The van der Waals surface area contributed by atoms with Crippen molar-refractivity contribution in [3.63, 3.8) is 0 Å².